The lowest BCUT2D eigenvalue weighted by atomic mass is 9.79. The maximum absolute atomic E-state index is 11.9. The molecule has 0 aromatic heterocycles. The van der Waals surface area contributed by atoms with Crippen LogP contribution in [0.2, 0.25) is 0 Å². The van der Waals surface area contributed by atoms with Gasteiger partial charge in [0.15, 0.2) is 0 Å². The number of hydrogen-bond acceptors (Lipinski definition) is 9. The number of carbonyl (C=O) groups is 1. The van der Waals surface area contributed by atoms with E-state index in [9.17, 15) is 14.9 Å². The second-order valence-electron chi connectivity index (χ2n) is 8.88. The summed E-state index contributed by atoms with van der Waals surface area (Å²) in [5.41, 5.74) is 0.741. The molecule has 2 aromatic rings. The van der Waals surface area contributed by atoms with Gasteiger partial charge >= 0.3 is 13.3 Å². The average Bonchev–Trinajstić information content (AvgIpc) is 3.07. The van der Waals surface area contributed by atoms with Gasteiger partial charge in [0.1, 0.15) is 12.4 Å². The molecule has 1 aliphatic rings. The number of benzene rings is 2. The Bertz CT molecular complexity index is 1000. The third-order valence-electron chi connectivity index (χ3n) is 6.08. The minimum atomic E-state index is -0.893. The Labute approximate surface area is 215 Å². The number of rotatable bonds is 11. The fraction of sp³-hybridized carbons (Fsp3) is 0.458. The fourth-order valence-electron chi connectivity index (χ4n) is 3.64. The smallest absolute Gasteiger partial charge is 0.429 e. The number of nitrogens with zero attached hydrogens (tertiary/aromatic N) is 1. The van der Waals surface area contributed by atoms with Crippen LogP contribution in [0.5, 0.6) is 5.75 Å². The molecule has 1 saturated heterocycles. The van der Waals surface area contributed by atoms with E-state index in [1.807, 2.05) is 36.0 Å². The number of thioether (sulfide) groups is 1. The van der Waals surface area contributed by atoms with Crippen molar-refractivity contribution in [3.63, 3.8) is 0 Å². The minimum absolute atomic E-state index is 0.0195. The molecule has 0 spiro atoms. The van der Waals surface area contributed by atoms with Crippen LogP contribution in [0, 0.1) is 10.1 Å². The summed E-state index contributed by atoms with van der Waals surface area (Å²) in [7, 11) is -0.470. The zero-order chi connectivity index (χ0) is 25.5. The first-order chi connectivity index (χ1) is 16.6. The van der Waals surface area contributed by atoms with Crippen molar-refractivity contribution in [1.82, 2.24) is 0 Å². The molecule has 0 saturated carbocycles. The standard InChI is InChI=1S/C24H30BNO7S2/c1-23(2)24(3,13-4-15-35-16-14-34)33-25(32-23)19-7-5-18(6-8-19)17-30-22(27)31-21-11-9-20(10-12-21)26(28)29/h5-12,34H,4,13-17H2,1-3H3. The molecule has 0 radical (unpaired) electrons. The lowest BCUT2D eigenvalue weighted by Crippen LogP contribution is -2.44. The molecule has 0 bridgehead atoms. The topological polar surface area (TPSA) is 97.1 Å². The summed E-state index contributed by atoms with van der Waals surface area (Å²) < 4.78 is 22.9. The van der Waals surface area contributed by atoms with Crippen molar-refractivity contribution in [2.24, 2.45) is 0 Å². The van der Waals surface area contributed by atoms with Crippen LogP contribution in [0.25, 0.3) is 0 Å². The van der Waals surface area contributed by atoms with Crippen molar-refractivity contribution in [1.29, 1.82) is 0 Å². The summed E-state index contributed by atoms with van der Waals surface area (Å²) in [4.78, 5) is 22.1. The number of hydrogen-bond donors (Lipinski definition) is 1. The van der Waals surface area contributed by atoms with Gasteiger partial charge in [0.2, 0.25) is 0 Å². The highest BCUT2D eigenvalue weighted by Gasteiger charge is 2.53. The van der Waals surface area contributed by atoms with Crippen LogP contribution >= 0.6 is 24.4 Å². The van der Waals surface area contributed by atoms with E-state index in [2.05, 4.69) is 33.4 Å². The van der Waals surface area contributed by atoms with E-state index in [1.165, 1.54) is 24.3 Å². The highest BCUT2D eigenvalue weighted by atomic mass is 32.2. The molecule has 1 heterocycles. The van der Waals surface area contributed by atoms with Crippen LogP contribution in [0.4, 0.5) is 10.5 Å². The van der Waals surface area contributed by atoms with Crippen molar-refractivity contribution in [2.75, 3.05) is 17.3 Å². The largest absolute Gasteiger partial charge is 0.514 e. The van der Waals surface area contributed by atoms with Crippen molar-refractivity contribution in [3.05, 3.63) is 64.2 Å². The summed E-state index contributed by atoms with van der Waals surface area (Å²) in [6, 6.07) is 12.7. The molecule has 0 N–H and O–H groups in total. The van der Waals surface area contributed by atoms with Crippen molar-refractivity contribution < 1.29 is 28.5 Å². The molecule has 1 atom stereocenters. The highest BCUT2D eigenvalue weighted by molar-refractivity contribution is 7.99. The lowest BCUT2D eigenvalue weighted by Gasteiger charge is -2.36. The molecular formula is C24H30BNO7S2. The molecule has 8 nitrogen and oxygen atoms in total. The lowest BCUT2D eigenvalue weighted by molar-refractivity contribution is -0.384. The first kappa shape index (κ1) is 27.4. The molecule has 0 aliphatic carbocycles. The molecule has 0 amide bonds. The quantitative estimate of drug-likeness (QED) is 0.0840. The SMILES string of the molecule is CC1(C)OB(c2ccc(COC(=O)Oc3ccc([N+](=O)[O-])cc3)cc2)OC1(C)CCCSCCS. The Morgan fingerprint density at radius 2 is 1.77 bits per heavy atom. The van der Waals surface area contributed by atoms with Gasteiger partial charge in [0.05, 0.1) is 16.1 Å². The van der Waals surface area contributed by atoms with Gasteiger partial charge in [-0.2, -0.15) is 24.4 Å². The number of nitro benzene ring substituents is 1. The van der Waals surface area contributed by atoms with E-state index in [-0.39, 0.29) is 18.0 Å². The molecule has 1 aliphatic heterocycles. The first-order valence-corrected chi connectivity index (χ1v) is 13.1. The Hall–Kier alpha value is -2.21. The van der Waals surface area contributed by atoms with Gasteiger partial charge in [0.25, 0.3) is 5.69 Å². The normalized spacial score (nSPS) is 18.9. The number of ether oxygens (including phenoxy) is 2. The second-order valence-corrected chi connectivity index (χ2v) is 10.6. The van der Waals surface area contributed by atoms with E-state index in [4.69, 9.17) is 18.8 Å². The zero-order valence-electron chi connectivity index (χ0n) is 20.1. The molecule has 2 aromatic carbocycles. The van der Waals surface area contributed by atoms with Crippen molar-refractivity contribution >= 4 is 48.8 Å². The Morgan fingerprint density at radius 3 is 2.40 bits per heavy atom. The maximum atomic E-state index is 11.9. The summed E-state index contributed by atoms with van der Waals surface area (Å²) in [6.45, 7) is 6.25. The van der Waals surface area contributed by atoms with Crippen LogP contribution in [0.1, 0.15) is 39.2 Å². The van der Waals surface area contributed by atoms with Gasteiger partial charge in [-0.15, -0.1) is 0 Å². The fourth-order valence-corrected chi connectivity index (χ4v) is 4.71. The zero-order valence-corrected chi connectivity index (χ0v) is 21.8. The molecule has 1 fully saturated rings. The molecule has 11 heteroatoms. The van der Waals surface area contributed by atoms with Crippen LogP contribution in [0.15, 0.2) is 48.5 Å². The summed E-state index contributed by atoms with van der Waals surface area (Å²) in [5, 5.41) is 10.7. The van der Waals surface area contributed by atoms with Gasteiger partial charge in [-0.05, 0) is 68.3 Å². The van der Waals surface area contributed by atoms with Crippen LogP contribution in [-0.2, 0) is 20.7 Å². The Morgan fingerprint density at radius 1 is 1.09 bits per heavy atom. The Kier molecular flexibility index (Phi) is 9.51. The van der Waals surface area contributed by atoms with Crippen molar-refractivity contribution in [2.45, 2.75) is 51.4 Å². The van der Waals surface area contributed by atoms with Gasteiger partial charge in [-0.3, -0.25) is 10.1 Å². The maximum Gasteiger partial charge on any atom is 0.514 e. The molecule has 35 heavy (non-hydrogen) atoms. The first-order valence-electron chi connectivity index (χ1n) is 11.4. The van der Waals surface area contributed by atoms with E-state index < -0.39 is 29.4 Å². The third kappa shape index (κ3) is 7.39. The van der Waals surface area contributed by atoms with Gasteiger partial charge in [0, 0.05) is 17.9 Å². The predicted molar refractivity (Wildman–Crippen MR) is 141 cm³/mol. The average molecular weight is 519 g/mol. The summed E-state index contributed by atoms with van der Waals surface area (Å²) in [5.74, 6) is 3.17. The van der Waals surface area contributed by atoms with E-state index >= 15 is 0 Å². The summed E-state index contributed by atoms with van der Waals surface area (Å²) in [6.07, 6.45) is 1.05. The third-order valence-corrected chi connectivity index (χ3v) is 7.67. The molecule has 188 valence electrons. The molecular weight excluding hydrogens is 489 g/mol. The van der Waals surface area contributed by atoms with Crippen LogP contribution < -0.4 is 10.2 Å². The number of carbonyl (C=O) groups excluding carboxylic acids is 1. The second kappa shape index (κ2) is 12.2. The molecule has 3 rings (SSSR count). The van der Waals surface area contributed by atoms with Gasteiger partial charge < -0.3 is 18.8 Å². The molecule has 1 unspecified atom stereocenters. The van der Waals surface area contributed by atoms with Crippen LogP contribution in [0.3, 0.4) is 0 Å². The van der Waals surface area contributed by atoms with E-state index in [0.717, 1.165) is 41.1 Å². The monoisotopic (exact) mass is 519 g/mol. The van der Waals surface area contributed by atoms with E-state index in [0.29, 0.717) is 0 Å². The summed E-state index contributed by atoms with van der Waals surface area (Å²) >= 11 is 6.15. The number of non-ortho nitro benzene ring substituents is 1. The van der Waals surface area contributed by atoms with Gasteiger partial charge in [-0.25, -0.2) is 4.79 Å². The van der Waals surface area contributed by atoms with Crippen LogP contribution in [-0.4, -0.2) is 46.7 Å². The van der Waals surface area contributed by atoms with E-state index in [1.54, 1.807) is 0 Å². The highest BCUT2D eigenvalue weighted by Crippen LogP contribution is 2.40. The minimum Gasteiger partial charge on any atom is -0.429 e. The Balaban J connectivity index is 1.50. The van der Waals surface area contributed by atoms with Gasteiger partial charge in [-0.1, -0.05) is 24.3 Å². The number of thiol groups is 1. The number of nitro groups is 1. The van der Waals surface area contributed by atoms with Crippen molar-refractivity contribution in [3.8, 4) is 5.75 Å². The predicted octanol–water partition coefficient (Wildman–Crippen LogP) is 5.03.